The molecule has 3 aromatic rings. The molecule has 1 saturated heterocycles. The number of carbonyl (C=O) groups is 2. The van der Waals surface area contributed by atoms with E-state index in [1.165, 1.54) is 0 Å². The molecule has 8 heteroatoms. The number of rotatable bonds is 7. The fraction of sp³-hybridized carbons (Fsp3) is 0.333. The predicted molar refractivity (Wildman–Crippen MR) is 124 cm³/mol. The first-order valence-electron chi connectivity index (χ1n) is 10.8. The van der Waals surface area contributed by atoms with Crippen molar-refractivity contribution in [2.45, 2.75) is 32.2 Å². The first-order valence-corrected chi connectivity index (χ1v) is 11.7. The van der Waals surface area contributed by atoms with E-state index >= 15 is 0 Å². The largest absolute Gasteiger partial charge is 0.494 e. The predicted octanol–water partition coefficient (Wildman–Crippen LogP) is 3.57. The molecule has 0 aliphatic carbocycles. The summed E-state index contributed by atoms with van der Waals surface area (Å²) >= 11 is 1.54. The maximum Gasteiger partial charge on any atom is 0.253 e. The van der Waals surface area contributed by atoms with Gasteiger partial charge in [-0.25, -0.2) is 4.98 Å². The standard InChI is InChI=1S/C24H26N4O3S/c1-2-31-21-7-5-17(6-8-21)24-27-20(16-32-24)14-22(29)28-12-9-19(10-13-28)26-23(30)18-4-3-11-25-15-18/h3-8,11,15-16,19H,2,9-10,12-14H2,1H3,(H,26,30). The van der Waals surface area contributed by atoms with E-state index in [0.29, 0.717) is 31.7 Å². The average molecular weight is 451 g/mol. The summed E-state index contributed by atoms with van der Waals surface area (Å²) in [7, 11) is 0. The van der Waals surface area contributed by atoms with Gasteiger partial charge in [0.05, 0.1) is 24.3 Å². The number of hydrogen-bond donors (Lipinski definition) is 1. The highest BCUT2D eigenvalue weighted by molar-refractivity contribution is 7.13. The molecule has 0 atom stereocenters. The molecular weight excluding hydrogens is 424 g/mol. The van der Waals surface area contributed by atoms with Crippen LogP contribution in [0.15, 0.2) is 54.2 Å². The Morgan fingerprint density at radius 2 is 1.97 bits per heavy atom. The number of ether oxygens (including phenoxy) is 1. The molecule has 0 bridgehead atoms. The van der Waals surface area contributed by atoms with Crippen molar-refractivity contribution >= 4 is 23.2 Å². The van der Waals surface area contributed by atoms with Crippen LogP contribution < -0.4 is 10.1 Å². The Morgan fingerprint density at radius 1 is 1.19 bits per heavy atom. The Balaban J connectivity index is 1.27. The molecule has 0 radical (unpaired) electrons. The van der Waals surface area contributed by atoms with Gasteiger partial charge in [-0.15, -0.1) is 11.3 Å². The number of pyridine rings is 1. The van der Waals surface area contributed by atoms with Crippen LogP contribution in [-0.2, 0) is 11.2 Å². The molecule has 166 valence electrons. The second kappa shape index (κ2) is 10.4. The van der Waals surface area contributed by atoms with Crippen LogP contribution in [-0.4, -0.2) is 52.4 Å². The van der Waals surface area contributed by atoms with Crippen molar-refractivity contribution in [3.63, 3.8) is 0 Å². The van der Waals surface area contributed by atoms with Gasteiger partial charge in [0.2, 0.25) is 5.91 Å². The van der Waals surface area contributed by atoms with Gasteiger partial charge in [0.25, 0.3) is 5.91 Å². The van der Waals surface area contributed by atoms with E-state index in [1.54, 1.807) is 35.9 Å². The molecule has 1 aliphatic rings. The molecule has 1 N–H and O–H groups in total. The van der Waals surface area contributed by atoms with Gasteiger partial charge < -0.3 is 15.0 Å². The molecule has 0 spiro atoms. The number of piperidine rings is 1. The van der Waals surface area contributed by atoms with Crippen LogP contribution in [0.4, 0.5) is 0 Å². The Labute approximate surface area is 191 Å². The second-order valence-corrected chi connectivity index (χ2v) is 8.51. The lowest BCUT2D eigenvalue weighted by Crippen LogP contribution is -2.47. The molecule has 2 amide bonds. The van der Waals surface area contributed by atoms with E-state index in [2.05, 4.69) is 15.3 Å². The fourth-order valence-corrected chi connectivity index (χ4v) is 4.51. The van der Waals surface area contributed by atoms with E-state index in [4.69, 9.17) is 4.74 Å². The van der Waals surface area contributed by atoms with Crippen LogP contribution in [0.5, 0.6) is 5.75 Å². The monoisotopic (exact) mass is 450 g/mol. The van der Waals surface area contributed by atoms with E-state index in [9.17, 15) is 9.59 Å². The summed E-state index contributed by atoms with van der Waals surface area (Å²) in [6.45, 7) is 3.86. The number of nitrogens with one attached hydrogen (secondary N) is 1. The number of hydrogen-bond acceptors (Lipinski definition) is 6. The van der Waals surface area contributed by atoms with E-state index in [0.717, 1.165) is 34.9 Å². The van der Waals surface area contributed by atoms with E-state index in [-0.39, 0.29) is 17.9 Å². The number of thiazole rings is 1. The van der Waals surface area contributed by atoms with Gasteiger partial charge in [0, 0.05) is 42.5 Å². The average Bonchev–Trinajstić information content (AvgIpc) is 3.29. The highest BCUT2D eigenvalue weighted by Gasteiger charge is 2.24. The second-order valence-electron chi connectivity index (χ2n) is 7.65. The van der Waals surface area contributed by atoms with Crippen LogP contribution in [0, 0.1) is 0 Å². The summed E-state index contributed by atoms with van der Waals surface area (Å²) in [4.78, 5) is 35.5. The minimum absolute atomic E-state index is 0.0669. The Hall–Kier alpha value is -3.26. The molecule has 1 fully saturated rings. The highest BCUT2D eigenvalue weighted by atomic mass is 32.1. The van der Waals surface area contributed by atoms with Gasteiger partial charge in [-0.2, -0.15) is 0 Å². The maximum atomic E-state index is 12.8. The van der Waals surface area contributed by atoms with E-state index < -0.39 is 0 Å². The smallest absolute Gasteiger partial charge is 0.253 e. The van der Waals surface area contributed by atoms with Gasteiger partial charge in [-0.1, -0.05) is 0 Å². The van der Waals surface area contributed by atoms with E-state index in [1.807, 2.05) is 41.5 Å². The zero-order valence-electron chi connectivity index (χ0n) is 18.0. The molecule has 0 saturated carbocycles. The van der Waals surface area contributed by atoms with Gasteiger partial charge in [0.1, 0.15) is 10.8 Å². The summed E-state index contributed by atoms with van der Waals surface area (Å²) in [6.07, 6.45) is 4.98. The molecule has 3 heterocycles. The van der Waals surface area contributed by atoms with Crippen molar-refractivity contribution in [3.05, 3.63) is 65.4 Å². The normalized spacial score (nSPS) is 14.2. The number of aromatic nitrogens is 2. The molecule has 2 aromatic heterocycles. The number of nitrogens with zero attached hydrogens (tertiary/aromatic N) is 3. The van der Waals surface area contributed by atoms with Crippen LogP contribution in [0.3, 0.4) is 0 Å². The minimum Gasteiger partial charge on any atom is -0.494 e. The highest BCUT2D eigenvalue weighted by Crippen LogP contribution is 2.26. The molecule has 32 heavy (non-hydrogen) atoms. The Bertz CT molecular complexity index is 1040. The van der Waals surface area contributed by atoms with Crippen molar-refractivity contribution in [1.82, 2.24) is 20.2 Å². The van der Waals surface area contributed by atoms with Crippen LogP contribution in [0.2, 0.25) is 0 Å². The molecule has 4 rings (SSSR count). The van der Waals surface area contributed by atoms with Crippen molar-refractivity contribution in [1.29, 1.82) is 0 Å². The third-order valence-electron chi connectivity index (χ3n) is 5.40. The van der Waals surface area contributed by atoms with Crippen molar-refractivity contribution in [2.24, 2.45) is 0 Å². The van der Waals surface area contributed by atoms with Gasteiger partial charge >= 0.3 is 0 Å². The zero-order valence-corrected chi connectivity index (χ0v) is 18.8. The van der Waals surface area contributed by atoms with Crippen molar-refractivity contribution < 1.29 is 14.3 Å². The van der Waals surface area contributed by atoms with Gasteiger partial charge in [-0.05, 0) is 56.2 Å². The third-order valence-corrected chi connectivity index (χ3v) is 6.34. The lowest BCUT2D eigenvalue weighted by molar-refractivity contribution is -0.131. The number of benzene rings is 1. The van der Waals surface area contributed by atoms with Gasteiger partial charge in [0.15, 0.2) is 0 Å². The van der Waals surface area contributed by atoms with Crippen LogP contribution >= 0.6 is 11.3 Å². The van der Waals surface area contributed by atoms with Gasteiger partial charge in [-0.3, -0.25) is 14.6 Å². The maximum absolute atomic E-state index is 12.8. The van der Waals surface area contributed by atoms with Crippen molar-refractivity contribution in [3.8, 4) is 16.3 Å². The summed E-state index contributed by atoms with van der Waals surface area (Å²) in [5.41, 5.74) is 2.36. The SMILES string of the molecule is CCOc1ccc(-c2nc(CC(=O)N3CCC(NC(=O)c4cccnc4)CC3)cs2)cc1. The summed E-state index contributed by atoms with van der Waals surface area (Å²) in [6, 6.07) is 11.4. The summed E-state index contributed by atoms with van der Waals surface area (Å²) in [5.74, 6) is 0.793. The number of amides is 2. The van der Waals surface area contributed by atoms with Crippen molar-refractivity contribution in [2.75, 3.05) is 19.7 Å². The zero-order chi connectivity index (χ0) is 22.3. The molecule has 1 aliphatic heterocycles. The number of likely N-dealkylation sites (tertiary alicyclic amines) is 1. The van der Waals surface area contributed by atoms with Crippen LogP contribution in [0.25, 0.3) is 10.6 Å². The Morgan fingerprint density at radius 3 is 2.66 bits per heavy atom. The molecular formula is C24H26N4O3S. The Kier molecular flexibility index (Phi) is 7.11. The first kappa shape index (κ1) is 22.0. The lowest BCUT2D eigenvalue weighted by Gasteiger charge is -2.32. The number of carbonyl (C=O) groups excluding carboxylic acids is 2. The first-order chi connectivity index (χ1) is 15.6. The summed E-state index contributed by atoms with van der Waals surface area (Å²) < 4.78 is 5.48. The lowest BCUT2D eigenvalue weighted by atomic mass is 10.0. The van der Waals surface area contributed by atoms with Crippen LogP contribution in [0.1, 0.15) is 35.8 Å². The summed E-state index contributed by atoms with van der Waals surface area (Å²) in [5, 5.41) is 5.89. The topological polar surface area (TPSA) is 84.4 Å². The quantitative estimate of drug-likeness (QED) is 0.595. The molecule has 0 unspecified atom stereocenters. The third kappa shape index (κ3) is 5.50. The molecule has 1 aromatic carbocycles. The fourth-order valence-electron chi connectivity index (χ4n) is 3.69. The molecule has 7 nitrogen and oxygen atoms in total. The minimum atomic E-state index is -0.118.